The van der Waals surface area contributed by atoms with Crippen LogP contribution < -0.4 is 0 Å². The molecule has 2 aromatic heterocycles. The summed E-state index contributed by atoms with van der Waals surface area (Å²) in [6, 6.07) is 3.97. The van der Waals surface area contributed by atoms with Crippen molar-refractivity contribution in [2.24, 2.45) is 5.41 Å². The second kappa shape index (κ2) is 6.97. The molecule has 1 atom stereocenters. The molecule has 126 valence electrons. The number of aromatic nitrogens is 3. The molecule has 0 radical (unpaired) electrons. The highest BCUT2D eigenvalue weighted by molar-refractivity contribution is 6.48. The Kier molecular flexibility index (Phi) is 5.42. The van der Waals surface area contributed by atoms with Crippen LogP contribution in [0.1, 0.15) is 40.5 Å². The summed E-state index contributed by atoms with van der Waals surface area (Å²) in [7, 11) is -1.18. The lowest BCUT2D eigenvalue weighted by Gasteiger charge is -2.35. The fraction of sp³-hybridized carbons (Fsp3) is 0.556. The van der Waals surface area contributed by atoms with Gasteiger partial charge in [-0.1, -0.05) is 20.8 Å². The van der Waals surface area contributed by atoms with Gasteiger partial charge in [0.15, 0.2) is 9.04 Å². The molecular formula is C18H29N3OSi. The molecular weight excluding hydrogens is 302 g/mol. The predicted octanol–water partition coefficient (Wildman–Crippen LogP) is 4.44. The SMILES string of the molecule is C[SiH](C)O[C@](C)(CCC(C)(C)C)n1cnc(-c2cccnc2)c1. The number of pyridine rings is 1. The molecule has 0 unspecified atom stereocenters. The van der Waals surface area contributed by atoms with Crippen molar-refractivity contribution in [2.45, 2.75) is 59.4 Å². The molecule has 0 aliphatic carbocycles. The molecule has 0 saturated carbocycles. The predicted molar refractivity (Wildman–Crippen MR) is 97.8 cm³/mol. The van der Waals surface area contributed by atoms with Gasteiger partial charge in [0.1, 0.15) is 5.72 Å². The van der Waals surface area contributed by atoms with Gasteiger partial charge in [-0.3, -0.25) is 4.98 Å². The van der Waals surface area contributed by atoms with E-state index in [2.05, 4.69) is 61.5 Å². The summed E-state index contributed by atoms with van der Waals surface area (Å²) in [4.78, 5) is 8.74. The van der Waals surface area contributed by atoms with E-state index in [1.165, 1.54) is 0 Å². The van der Waals surface area contributed by atoms with E-state index in [1.807, 2.05) is 24.7 Å². The first-order valence-electron chi connectivity index (χ1n) is 8.32. The fourth-order valence-electron chi connectivity index (χ4n) is 2.61. The molecule has 0 amide bonds. The maximum atomic E-state index is 6.41. The van der Waals surface area contributed by atoms with Gasteiger partial charge in [-0.15, -0.1) is 0 Å². The Morgan fingerprint density at radius 2 is 1.91 bits per heavy atom. The van der Waals surface area contributed by atoms with Gasteiger partial charge in [0.25, 0.3) is 0 Å². The number of rotatable bonds is 6. The fourth-order valence-corrected chi connectivity index (χ4v) is 3.86. The first kappa shape index (κ1) is 17.9. The van der Waals surface area contributed by atoms with Gasteiger partial charge < -0.3 is 8.99 Å². The maximum Gasteiger partial charge on any atom is 0.174 e. The minimum atomic E-state index is -1.18. The second-order valence-electron chi connectivity index (χ2n) is 7.81. The van der Waals surface area contributed by atoms with Crippen LogP contribution in [0.15, 0.2) is 37.1 Å². The van der Waals surface area contributed by atoms with Crippen LogP contribution in [0.25, 0.3) is 11.3 Å². The van der Waals surface area contributed by atoms with Gasteiger partial charge in [0.05, 0.1) is 12.0 Å². The van der Waals surface area contributed by atoms with E-state index < -0.39 is 9.04 Å². The zero-order valence-corrected chi connectivity index (χ0v) is 16.4. The molecule has 0 saturated heterocycles. The van der Waals surface area contributed by atoms with E-state index in [-0.39, 0.29) is 11.1 Å². The Balaban J connectivity index is 2.27. The first-order chi connectivity index (χ1) is 10.7. The van der Waals surface area contributed by atoms with Crippen LogP contribution in [0.2, 0.25) is 13.1 Å². The average Bonchev–Trinajstić information content (AvgIpc) is 2.95. The molecule has 0 fully saturated rings. The lowest BCUT2D eigenvalue weighted by molar-refractivity contribution is -0.0101. The Bertz CT molecular complexity index is 619. The van der Waals surface area contributed by atoms with Gasteiger partial charge in [-0.05, 0) is 50.4 Å². The highest BCUT2D eigenvalue weighted by atomic mass is 28.3. The van der Waals surface area contributed by atoms with E-state index >= 15 is 0 Å². The highest BCUT2D eigenvalue weighted by Crippen LogP contribution is 2.32. The summed E-state index contributed by atoms with van der Waals surface area (Å²) in [6.45, 7) is 13.4. The third kappa shape index (κ3) is 5.01. The van der Waals surface area contributed by atoms with E-state index in [4.69, 9.17) is 4.43 Å². The molecule has 23 heavy (non-hydrogen) atoms. The normalized spacial score (nSPS) is 14.9. The van der Waals surface area contributed by atoms with Gasteiger partial charge in [0, 0.05) is 24.2 Å². The summed E-state index contributed by atoms with van der Waals surface area (Å²) in [5.74, 6) is 0. The van der Waals surface area contributed by atoms with Gasteiger partial charge >= 0.3 is 0 Å². The average molecular weight is 332 g/mol. The molecule has 0 aromatic carbocycles. The summed E-state index contributed by atoms with van der Waals surface area (Å²) in [6.07, 6.45) is 9.67. The van der Waals surface area contributed by atoms with E-state index in [0.717, 1.165) is 24.1 Å². The largest absolute Gasteiger partial charge is 0.398 e. The topological polar surface area (TPSA) is 39.9 Å². The zero-order chi connectivity index (χ0) is 17.1. The number of imidazole rings is 1. The summed E-state index contributed by atoms with van der Waals surface area (Å²) in [5, 5.41) is 0. The standard InChI is InChI=1S/C18H29N3OSi/c1-17(2,3)9-10-18(4,22-23(5)6)21-13-16(20-14-21)15-8-7-11-19-12-15/h7-8,11-14,23H,9-10H2,1-6H3/t18-/m1/s1. The van der Waals surface area contributed by atoms with Crippen LogP contribution >= 0.6 is 0 Å². The van der Waals surface area contributed by atoms with Gasteiger partial charge in [-0.2, -0.15) is 0 Å². The third-order valence-corrected chi connectivity index (χ3v) is 4.89. The van der Waals surface area contributed by atoms with E-state index in [1.54, 1.807) is 6.20 Å². The van der Waals surface area contributed by atoms with Crippen LogP contribution in [-0.4, -0.2) is 23.6 Å². The van der Waals surface area contributed by atoms with Crippen molar-refractivity contribution in [3.63, 3.8) is 0 Å². The summed E-state index contributed by atoms with van der Waals surface area (Å²) < 4.78 is 8.55. The van der Waals surface area contributed by atoms with Gasteiger partial charge in [-0.25, -0.2) is 4.98 Å². The quantitative estimate of drug-likeness (QED) is 0.734. The van der Waals surface area contributed by atoms with Crippen molar-refractivity contribution in [1.82, 2.24) is 14.5 Å². The third-order valence-electron chi connectivity index (χ3n) is 3.91. The smallest absolute Gasteiger partial charge is 0.174 e. The van der Waals surface area contributed by atoms with Crippen molar-refractivity contribution in [1.29, 1.82) is 0 Å². The molecule has 0 aliphatic heterocycles. The van der Waals surface area contributed by atoms with Crippen LogP contribution in [0, 0.1) is 5.41 Å². The zero-order valence-electron chi connectivity index (χ0n) is 15.2. The van der Waals surface area contributed by atoms with E-state index in [0.29, 0.717) is 0 Å². The van der Waals surface area contributed by atoms with Crippen molar-refractivity contribution < 1.29 is 4.43 Å². The Hall–Kier alpha value is -1.46. The summed E-state index contributed by atoms with van der Waals surface area (Å²) >= 11 is 0. The molecule has 0 N–H and O–H groups in total. The Morgan fingerprint density at radius 1 is 1.17 bits per heavy atom. The minimum Gasteiger partial charge on any atom is -0.398 e. The van der Waals surface area contributed by atoms with Crippen LogP contribution in [0.3, 0.4) is 0 Å². The maximum absolute atomic E-state index is 6.41. The Morgan fingerprint density at radius 3 is 2.48 bits per heavy atom. The molecule has 2 heterocycles. The molecule has 0 aliphatic rings. The van der Waals surface area contributed by atoms with Crippen molar-refractivity contribution >= 4 is 9.04 Å². The van der Waals surface area contributed by atoms with Crippen LogP contribution in [-0.2, 0) is 10.2 Å². The van der Waals surface area contributed by atoms with Crippen LogP contribution in [0.4, 0.5) is 0 Å². The lowest BCUT2D eigenvalue weighted by Crippen LogP contribution is -2.37. The van der Waals surface area contributed by atoms with Crippen molar-refractivity contribution in [3.05, 3.63) is 37.1 Å². The van der Waals surface area contributed by atoms with Crippen molar-refractivity contribution in [3.8, 4) is 11.3 Å². The number of hydrogen-bond donors (Lipinski definition) is 0. The van der Waals surface area contributed by atoms with Crippen molar-refractivity contribution in [2.75, 3.05) is 0 Å². The minimum absolute atomic E-state index is 0.288. The number of hydrogen-bond acceptors (Lipinski definition) is 3. The lowest BCUT2D eigenvalue weighted by atomic mass is 9.88. The molecule has 0 bridgehead atoms. The van der Waals surface area contributed by atoms with Crippen LogP contribution in [0.5, 0.6) is 0 Å². The summed E-state index contributed by atoms with van der Waals surface area (Å²) in [5.41, 5.74) is 1.93. The molecule has 0 spiro atoms. The monoisotopic (exact) mass is 331 g/mol. The molecule has 5 heteroatoms. The molecule has 4 nitrogen and oxygen atoms in total. The molecule has 2 aromatic rings. The Labute approximate surface area is 141 Å². The number of nitrogens with zero attached hydrogens (tertiary/aromatic N) is 3. The second-order valence-corrected chi connectivity index (χ2v) is 10.1. The molecule has 2 rings (SSSR count). The highest BCUT2D eigenvalue weighted by Gasteiger charge is 2.30. The van der Waals surface area contributed by atoms with E-state index in [9.17, 15) is 0 Å². The first-order valence-corrected chi connectivity index (χ1v) is 11.1. The van der Waals surface area contributed by atoms with Gasteiger partial charge in [0.2, 0.25) is 0 Å².